The molecule has 0 radical (unpaired) electrons. The van der Waals surface area contributed by atoms with Crippen LogP contribution in [-0.4, -0.2) is 28.7 Å². The molecule has 0 amide bonds. The Morgan fingerprint density at radius 2 is 1.81 bits per heavy atom. The SMILES string of the molecule is O=c1c2sc(-c3ccccc3)nc2ccn1-c1ccc(OC2CNC2)cc1. The van der Waals surface area contributed by atoms with E-state index < -0.39 is 0 Å². The van der Waals surface area contributed by atoms with Gasteiger partial charge in [0.2, 0.25) is 0 Å². The van der Waals surface area contributed by atoms with Crippen LogP contribution in [-0.2, 0) is 0 Å². The van der Waals surface area contributed by atoms with Gasteiger partial charge in [-0.3, -0.25) is 9.36 Å². The summed E-state index contributed by atoms with van der Waals surface area (Å²) >= 11 is 1.43. The van der Waals surface area contributed by atoms with Crippen LogP contribution in [0.15, 0.2) is 71.7 Å². The molecule has 5 nitrogen and oxygen atoms in total. The number of hydrogen-bond acceptors (Lipinski definition) is 5. The van der Waals surface area contributed by atoms with Gasteiger partial charge in [-0.1, -0.05) is 30.3 Å². The Morgan fingerprint density at radius 1 is 1.04 bits per heavy atom. The second-order valence-electron chi connectivity index (χ2n) is 6.48. The molecule has 1 aliphatic heterocycles. The molecule has 2 aromatic carbocycles. The highest BCUT2D eigenvalue weighted by Crippen LogP contribution is 2.28. The van der Waals surface area contributed by atoms with Crippen LogP contribution in [0.25, 0.3) is 26.5 Å². The van der Waals surface area contributed by atoms with E-state index in [0.29, 0.717) is 4.70 Å². The van der Waals surface area contributed by atoms with E-state index in [1.807, 2.05) is 60.7 Å². The lowest BCUT2D eigenvalue weighted by Gasteiger charge is -2.27. The van der Waals surface area contributed by atoms with Crippen LogP contribution in [0.2, 0.25) is 0 Å². The van der Waals surface area contributed by atoms with Gasteiger partial charge < -0.3 is 10.1 Å². The molecule has 134 valence electrons. The number of pyridine rings is 1. The number of hydrogen-bond donors (Lipinski definition) is 1. The number of thiazole rings is 1. The summed E-state index contributed by atoms with van der Waals surface area (Å²) < 4.78 is 8.16. The molecule has 1 aliphatic rings. The number of rotatable bonds is 4. The Labute approximate surface area is 159 Å². The fourth-order valence-electron chi connectivity index (χ4n) is 3.05. The lowest BCUT2D eigenvalue weighted by atomic mass is 10.2. The molecule has 1 N–H and O–H groups in total. The molecule has 0 aliphatic carbocycles. The third kappa shape index (κ3) is 3.03. The van der Waals surface area contributed by atoms with E-state index in [2.05, 4.69) is 10.3 Å². The van der Waals surface area contributed by atoms with Crippen LogP contribution in [0.3, 0.4) is 0 Å². The Kier molecular flexibility index (Phi) is 3.99. The van der Waals surface area contributed by atoms with Crippen molar-refractivity contribution in [2.24, 2.45) is 0 Å². The minimum absolute atomic E-state index is 0.0518. The quantitative estimate of drug-likeness (QED) is 0.593. The predicted molar refractivity (Wildman–Crippen MR) is 108 cm³/mol. The van der Waals surface area contributed by atoms with Crippen molar-refractivity contribution >= 4 is 21.6 Å². The van der Waals surface area contributed by atoms with Crippen molar-refractivity contribution in [3.8, 4) is 22.0 Å². The molecule has 1 fully saturated rings. The molecule has 0 atom stereocenters. The molecule has 27 heavy (non-hydrogen) atoms. The maximum absolute atomic E-state index is 13.0. The Bertz CT molecular complexity index is 1150. The summed E-state index contributed by atoms with van der Waals surface area (Å²) in [6, 6.07) is 19.5. The van der Waals surface area contributed by atoms with E-state index in [0.717, 1.165) is 40.6 Å². The molecule has 6 heteroatoms. The molecule has 0 bridgehead atoms. The molecule has 0 unspecified atom stereocenters. The Hall–Kier alpha value is -2.96. The molecule has 0 spiro atoms. The third-order valence-electron chi connectivity index (χ3n) is 4.63. The van der Waals surface area contributed by atoms with Crippen molar-refractivity contribution in [1.29, 1.82) is 0 Å². The zero-order valence-electron chi connectivity index (χ0n) is 14.5. The van der Waals surface area contributed by atoms with Crippen LogP contribution in [0.5, 0.6) is 5.75 Å². The van der Waals surface area contributed by atoms with Gasteiger partial charge in [0.25, 0.3) is 5.56 Å². The molecule has 3 heterocycles. The van der Waals surface area contributed by atoms with Crippen LogP contribution in [0.4, 0.5) is 0 Å². The summed E-state index contributed by atoms with van der Waals surface area (Å²) in [5, 5.41) is 4.04. The molecule has 1 saturated heterocycles. The zero-order valence-corrected chi connectivity index (χ0v) is 15.3. The molecule has 4 aromatic rings. The van der Waals surface area contributed by atoms with E-state index >= 15 is 0 Å². The van der Waals surface area contributed by atoms with Crippen molar-refractivity contribution in [2.45, 2.75) is 6.10 Å². The first-order valence-corrected chi connectivity index (χ1v) is 9.65. The topological polar surface area (TPSA) is 56.2 Å². The van der Waals surface area contributed by atoms with Gasteiger partial charge in [0.15, 0.2) is 0 Å². The van der Waals surface area contributed by atoms with E-state index in [-0.39, 0.29) is 11.7 Å². The molecule has 0 saturated carbocycles. The van der Waals surface area contributed by atoms with Crippen molar-refractivity contribution in [2.75, 3.05) is 13.1 Å². The third-order valence-corrected chi connectivity index (χ3v) is 5.74. The molecular formula is C21H17N3O2S. The second kappa shape index (κ2) is 6.64. The van der Waals surface area contributed by atoms with Crippen molar-refractivity contribution in [3.05, 3.63) is 77.2 Å². The van der Waals surface area contributed by atoms with Crippen LogP contribution >= 0.6 is 11.3 Å². The Morgan fingerprint density at radius 3 is 2.52 bits per heavy atom. The lowest BCUT2D eigenvalue weighted by Crippen LogP contribution is -2.50. The smallest absolute Gasteiger partial charge is 0.274 e. The average molecular weight is 375 g/mol. The van der Waals surface area contributed by atoms with Gasteiger partial charge >= 0.3 is 0 Å². The maximum Gasteiger partial charge on any atom is 0.274 e. The summed E-state index contributed by atoms with van der Waals surface area (Å²) in [5.41, 5.74) is 2.52. The van der Waals surface area contributed by atoms with E-state index in [1.54, 1.807) is 10.8 Å². The van der Waals surface area contributed by atoms with Crippen LogP contribution in [0.1, 0.15) is 0 Å². The molecule has 2 aromatic heterocycles. The minimum Gasteiger partial charge on any atom is -0.488 e. The monoisotopic (exact) mass is 375 g/mol. The minimum atomic E-state index is -0.0518. The van der Waals surface area contributed by atoms with E-state index in [9.17, 15) is 4.79 Å². The first-order chi connectivity index (χ1) is 13.3. The standard InChI is InChI=1S/C21H17N3O2S/c25-21-19-18(23-20(27-19)14-4-2-1-3-5-14)10-11-24(21)15-6-8-16(9-7-15)26-17-12-22-13-17/h1-11,17,22H,12-13H2. The number of ether oxygens (including phenoxy) is 1. The van der Waals surface area contributed by atoms with E-state index in [4.69, 9.17) is 4.74 Å². The van der Waals surface area contributed by atoms with Gasteiger partial charge in [-0.15, -0.1) is 11.3 Å². The first kappa shape index (κ1) is 16.2. The number of benzene rings is 2. The highest BCUT2D eigenvalue weighted by molar-refractivity contribution is 7.21. The first-order valence-electron chi connectivity index (χ1n) is 8.83. The highest BCUT2D eigenvalue weighted by Gasteiger charge is 2.18. The Balaban J connectivity index is 1.50. The van der Waals surface area contributed by atoms with Gasteiger partial charge in [0, 0.05) is 30.5 Å². The van der Waals surface area contributed by atoms with Crippen molar-refractivity contribution in [3.63, 3.8) is 0 Å². The van der Waals surface area contributed by atoms with Crippen LogP contribution < -0.4 is 15.6 Å². The van der Waals surface area contributed by atoms with Gasteiger partial charge in [-0.25, -0.2) is 4.98 Å². The number of nitrogens with zero attached hydrogens (tertiary/aromatic N) is 2. The summed E-state index contributed by atoms with van der Waals surface area (Å²) in [6.45, 7) is 1.76. The fraction of sp³-hybridized carbons (Fsp3) is 0.143. The van der Waals surface area contributed by atoms with Gasteiger partial charge in [-0.05, 0) is 30.3 Å². The lowest BCUT2D eigenvalue weighted by molar-refractivity contribution is 0.142. The van der Waals surface area contributed by atoms with Gasteiger partial charge in [-0.2, -0.15) is 0 Å². The van der Waals surface area contributed by atoms with Crippen LogP contribution in [0, 0.1) is 0 Å². The number of aromatic nitrogens is 2. The normalized spacial score (nSPS) is 14.2. The summed E-state index contributed by atoms with van der Waals surface area (Å²) in [5.74, 6) is 0.823. The molecular weight excluding hydrogens is 358 g/mol. The van der Waals surface area contributed by atoms with Crippen molar-refractivity contribution < 1.29 is 4.74 Å². The van der Waals surface area contributed by atoms with Crippen molar-refractivity contribution in [1.82, 2.24) is 14.9 Å². The van der Waals surface area contributed by atoms with Gasteiger partial charge in [0.05, 0.1) is 5.52 Å². The average Bonchev–Trinajstić information content (AvgIpc) is 3.12. The van der Waals surface area contributed by atoms with Gasteiger partial charge in [0.1, 0.15) is 21.6 Å². The highest BCUT2D eigenvalue weighted by atomic mass is 32.1. The molecule has 5 rings (SSSR count). The number of nitrogens with one attached hydrogen (secondary N) is 1. The fourth-order valence-corrected chi connectivity index (χ4v) is 4.05. The zero-order chi connectivity index (χ0) is 18.2. The summed E-state index contributed by atoms with van der Waals surface area (Å²) in [6.07, 6.45) is 2.02. The van der Waals surface area contributed by atoms with E-state index in [1.165, 1.54) is 11.3 Å². The number of fused-ring (bicyclic) bond motifs is 1. The summed E-state index contributed by atoms with van der Waals surface area (Å²) in [4.78, 5) is 17.6. The second-order valence-corrected chi connectivity index (χ2v) is 7.48. The largest absolute Gasteiger partial charge is 0.488 e. The maximum atomic E-state index is 13.0. The predicted octanol–water partition coefficient (Wildman–Crippen LogP) is 3.46. The summed E-state index contributed by atoms with van der Waals surface area (Å²) in [7, 11) is 0.